The molecule has 8 heteroatoms. The standard InChI is InChI=1S/C26H30N2O6/c1-3-8-22(23(29)28(2)26(24(30)31)13-14-33-16-26)27-25(32)34-15-21-19-11-6-4-9-17(19)18-10-5-7-12-20(18)21/h4-7,9-12,21-22H,3,8,13-16H2,1-2H3,(H,27,32)(H,30,31). The summed E-state index contributed by atoms with van der Waals surface area (Å²) >= 11 is 0. The Morgan fingerprint density at radius 3 is 2.29 bits per heavy atom. The lowest BCUT2D eigenvalue weighted by Gasteiger charge is -2.35. The highest BCUT2D eigenvalue weighted by atomic mass is 16.5. The molecule has 2 atom stereocenters. The highest BCUT2D eigenvalue weighted by Gasteiger charge is 2.49. The summed E-state index contributed by atoms with van der Waals surface area (Å²) in [5.41, 5.74) is 3.03. The van der Waals surface area contributed by atoms with Crippen molar-refractivity contribution in [2.24, 2.45) is 0 Å². The number of alkyl carbamates (subject to hydrolysis) is 1. The van der Waals surface area contributed by atoms with E-state index in [0.29, 0.717) is 12.8 Å². The molecule has 2 aromatic rings. The van der Waals surface area contributed by atoms with Gasteiger partial charge in [-0.05, 0) is 28.7 Å². The monoisotopic (exact) mass is 466 g/mol. The third-order valence-corrected chi connectivity index (χ3v) is 6.88. The molecule has 0 aromatic heterocycles. The summed E-state index contributed by atoms with van der Waals surface area (Å²) in [5.74, 6) is -1.67. The van der Waals surface area contributed by atoms with Crippen LogP contribution in [0.4, 0.5) is 4.79 Å². The molecule has 2 aromatic carbocycles. The van der Waals surface area contributed by atoms with E-state index in [1.54, 1.807) is 0 Å². The van der Waals surface area contributed by atoms with Crippen LogP contribution in [-0.2, 0) is 19.1 Å². The Hall–Kier alpha value is -3.39. The first-order valence-electron chi connectivity index (χ1n) is 11.6. The number of amides is 2. The van der Waals surface area contributed by atoms with E-state index < -0.39 is 29.6 Å². The van der Waals surface area contributed by atoms with Gasteiger partial charge in [-0.15, -0.1) is 0 Å². The maximum absolute atomic E-state index is 13.2. The van der Waals surface area contributed by atoms with Crippen LogP contribution in [-0.4, -0.2) is 66.4 Å². The Labute approximate surface area is 198 Å². The predicted octanol–water partition coefficient (Wildman–Crippen LogP) is 3.40. The number of rotatable bonds is 8. The molecule has 2 amide bonds. The van der Waals surface area contributed by atoms with Gasteiger partial charge in [-0.1, -0.05) is 61.9 Å². The number of likely N-dealkylation sites (N-methyl/N-ethyl adjacent to an activating group) is 1. The number of aliphatic carboxylic acids is 1. The van der Waals surface area contributed by atoms with Crippen molar-refractivity contribution in [1.29, 1.82) is 0 Å². The number of nitrogens with one attached hydrogen (secondary N) is 1. The van der Waals surface area contributed by atoms with Gasteiger partial charge >= 0.3 is 12.1 Å². The van der Waals surface area contributed by atoms with Crippen LogP contribution < -0.4 is 5.32 Å². The van der Waals surface area contributed by atoms with Gasteiger partial charge in [0.2, 0.25) is 5.91 Å². The number of hydrogen-bond donors (Lipinski definition) is 2. The Kier molecular flexibility index (Phi) is 6.88. The molecule has 0 spiro atoms. The first-order valence-corrected chi connectivity index (χ1v) is 11.6. The van der Waals surface area contributed by atoms with E-state index in [-0.39, 0.29) is 32.2 Å². The van der Waals surface area contributed by atoms with Crippen LogP contribution >= 0.6 is 0 Å². The molecule has 1 fully saturated rings. The normalized spacial score (nSPS) is 19.7. The highest BCUT2D eigenvalue weighted by Crippen LogP contribution is 2.44. The average Bonchev–Trinajstić information content (AvgIpc) is 3.46. The molecule has 1 aliphatic carbocycles. The molecule has 1 heterocycles. The molecule has 0 radical (unpaired) electrons. The molecule has 4 rings (SSSR count). The predicted molar refractivity (Wildman–Crippen MR) is 125 cm³/mol. The van der Waals surface area contributed by atoms with Gasteiger partial charge in [-0.3, -0.25) is 4.79 Å². The Morgan fingerprint density at radius 2 is 1.76 bits per heavy atom. The van der Waals surface area contributed by atoms with Gasteiger partial charge in [0.1, 0.15) is 12.6 Å². The second-order valence-electron chi connectivity index (χ2n) is 8.85. The van der Waals surface area contributed by atoms with E-state index >= 15 is 0 Å². The zero-order valence-electron chi connectivity index (χ0n) is 19.5. The first-order chi connectivity index (χ1) is 16.4. The summed E-state index contributed by atoms with van der Waals surface area (Å²) in [6, 6.07) is 15.2. The molecule has 1 saturated heterocycles. The van der Waals surface area contributed by atoms with E-state index in [2.05, 4.69) is 17.4 Å². The number of benzene rings is 2. The lowest BCUT2D eigenvalue weighted by Crippen LogP contribution is -2.60. The number of carbonyl (C=O) groups excluding carboxylic acids is 2. The van der Waals surface area contributed by atoms with Crippen LogP contribution in [0, 0.1) is 0 Å². The van der Waals surface area contributed by atoms with Crippen molar-refractivity contribution in [3.8, 4) is 11.1 Å². The lowest BCUT2D eigenvalue weighted by molar-refractivity contribution is -0.158. The van der Waals surface area contributed by atoms with Gasteiger partial charge in [-0.2, -0.15) is 0 Å². The quantitative estimate of drug-likeness (QED) is 0.618. The molecule has 8 nitrogen and oxygen atoms in total. The maximum atomic E-state index is 13.2. The Morgan fingerprint density at radius 1 is 1.15 bits per heavy atom. The van der Waals surface area contributed by atoms with Crippen LogP contribution in [0.15, 0.2) is 48.5 Å². The maximum Gasteiger partial charge on any atom is 0.407 e. The summed E-state index contributed by atoms with van der Waals surface area (Å²) in [5, 5.41) is 12.4. The van der Waals surface area contributed by atoms with E-state index in [1.807, 2.05) is 43.3 Å². The number of fused-ring (bicyclic) bond motifs is 3. The van der Waals surface area contributed by atoms with Crippen molar-refractivity contribution < 1.29 is 29.0 Å². The molecule has 2 unspecified atom stereocenters. The SMILES string of the molecule is CCCC(NC(=O)OCC1c2ccccc2-c2ccccc21)C(=O)N(C)C1(C(=O)O)CCOC1. The molecule has 2 N–H and O–H groups in total. The lowest BCUT2D eigenvalue weighted by atomic mass is 9.95. The van der Waals surface area contributed by atoms with Gasteiger partial charge in [0, 0.05) is 26.0 Å². The summed E-state index contributed by atoms with van der Waals surface area (Å²) in [6.07, 6.45) is 0.497. The van der Waals surface area contributed by atoms with E-state index in [9.17, 15) is 19.5 Å². The van der Waals surface area contributed by atoms with Crippen molar-refractivity contribution in [2.45, 2.75) is 43.7 Å². The number of hydrogen-bond acceptors (Lipinski definition) is 5. The largest absolute Gasteiger partial charge is 0.479 e. The van der Waals surface area contributed by atoms with Gasteiger partial charge in [0.25, 0.3) is 0 Å². The van der Waals surface area contributed by atoms with Crippen molar-refractivity contribution in [3.63, 3.8) is 0 Å². The summed E-state index contributed by atoms with van der Waals surface area (Å²) in [4.78, 5) is 39.1. The van der Waals surface area contributed by atoms with E-state index in [1.165, 1.54) is 11.9 Å². The van der Waals surface area contributed by atoms with Gasteiger partial charge in [0.05, 0.1) is 6.61 Å². The van der Waals surface area contributed by atoms with Crippen molar-refractivity contribution in [3.05, 3.63) is 59.7 Å². The number of carboxylic acids is 1. The van der Waals surface area contributed by atoms with Crippen molar-refractivity contribution in [1.82, 2.24) is 10.2 Å². The smallest absolute Gasteiger partial charge is 0.407 e. The van der Waals surface area contributed by atoms with E-state index in [4.69, 9.17) is 9.47 Å². The van der Waals surface area contributed by atoms with Gasteiger partial charge < -0.3 is 24.8 Å². The molecule has 34 heavy (non-hydrogen) atoms. The van der Waals surface area contributed by atoms with Crippen LogP contribution in [0.5, 0.6) is 0 Å². The summed E-state index contributed by atoms with van der Waals surface area (Å²) in [7, 11) is 1.45. The second kappa shape index (κ2) is 9.85. The zero-order chi connectivity index (χ0) is 24.3. The van der Waals surface area contributed by atoms with Crippen LogP contribution in [0.25, 0.3) is 11.1 Å². The van der Waals surface area contributed by atoms with Crippen LogP contribution in [0.1, 0.15) is 43.2 Å². The third-order valence-electron chi connectivity index (χ3n) is 6.88. The second-order valence-corrected chi connectivity index (χ2v) is 8.85. The van der Waals surface area contributed by atoms with Gasteiger partial charge in [-0.25, -0.2) is 9.59 Å². The Balaban J connectivity index is 1.44. The van der Waals surface area contributed by atoms with E-state index in [0.717, 1.165) is 22.3 Å². The minimum absolute atomic E-state index is 0.0750. The fourth-order valence-corrected chi connectivity index (χ4v) is 4.90. The number of carboxylic acid groups (broad SMARTS) is 1. The highest BCUT2D eigenvalue weighted by molar-refractivity contribution is 5.91. The number of ether oxygens (including phenoxy) is 2. The molecule has 0 saturated carbocycles. The number of nitrogens with zero attached hydrogens (tertiary/aromatic N) is 1. The van der Waals surface area contributed by atoms with Crippen molar-refractivity contribution >= 4 is 18.0 Å². The summed E-state index contributed by atoms with van der Waals surface area (Å²) < 4.78 is 10.9. The molecule has 180 valence electrons. The summed E-state index contributed by atoms with van der Waals surface area (Å²) in [6.45, 7) is 2.22. The molecule has 0 bridgehead atoms. The average molecular weight is 467 g/mol. The third kappa shape index (κ3) is 4.25. The molecular weight excluding hydrogens is 436 g/mol. The fourth-order valence-electron chi connectivity index (χ4n) is 4.90. The molecular formula is C26H30N2O6. The Bertz CT molecular complexity index is 1030. The minimum Gasteiger partial charge on any atom is -0.479 e. The van der Waals surface area contributed by atoms with Crippen LogP contribution in [0.3, 0.4) is 0 Å². The number of carbonyl (C=O) groups is 3. The first kappa shape index (κ1) is 23.8. The van der Waals surface area contributed by atoms with Crippen LogP contribution in [0.2, 0.25) is 0 Å². The fraction of sp³-hybridized carbons (Fsp3) is 0.423. The zero-order valence-corrected chi connectivity index (χ0v) is 19.5. The molecule has 2 aliphatic rings. The topological polar surface area (TPSA) is 105 Å². The van der Waals surface area contributed by atoms with Gasteiger partial charge in [0.15, 0.2) is 5.54 Å². The minimum atomic E-state index is -1.42. The molecule has 1 aliphatic heterocycles. The van der Waals surface area contributed by atoms with Crippen molar-refractivity contribution in [2.75, 3.05) is 26.9 Å².